The fraction of sp³-hybridized carbons (Fsp3) is 0.0714. The van der Waals surface area contributed by atoms with Gasteiger partial charge in [0.25, 0.3) is 0 Å². The van der Waals surface area contributed by atoms with Crippen LogP contribution in [-0.4, -0.2) is 6.29 Å². The maximum absolute atomic E-state index is 13.1. The molecule has 0 spiro atoms. The standard InChI is InChI=1S/C14H11FO2/c1-10-6-12(15)8-14(7-10)17-13-4-2-11(9-16)3-5-13/h2-9H,1H3. The Hall–Kier alpha value is -2.16. The number of halogens is 1. The van der Waals surface area contributed by atoms with E-state index in [1.807, 2.05) is 0 Å². The zero-order valence-electron chi connectivity index (χ0n) is 9.31. The number of hydrogen-bond donors (Lipinski definition) is 0. The lowest BCUT2D eigenvalue weighted by atomic mass is 10.2. The van der Waals surface area contributed by atoms with Gasteiger partial charge in [-0.25, -0.2) is 4.39 Å². The van der Waals surface area contributed by atoms with Gasteiger partial charge in [-0.3, -0.25) is 4.79 Å². The maximum atomic E-state index is 13.1. The molecule has 2 rings (SSSR count). The second-order valence-electron chi connectivity index (χ2n) is 3.75. The largest absolute Gasteiger partial charge is 0.457 e. The molecule has 0 bridgehead atoms. The van der Waals surface area contributed by atoms with Gasteiger partial charge in [-0.2, -0.15) is 0 Å². The van der Waals surface area contributed by atoms with Crippen molar-refractivity contribution in [2.75, 3.05) is 0 Å². The highest BCUT2D eigenvalue weighted by atomic mass is 19.1. The molecule has 0 aliphatic carbocycles. The van der Waals surface area contributed by atoms with Gasteiger partial charge in [-0.1, -0.05) is 0 Å². The highest BCUT2D eigenvalue weighted by molar-refractivity contribution is 5.74. The van der Waals surface area contributed by atoms with E-state index in [1.165, 1.54) is 12.1 Å². The Labute approximate surface area is 98.7 Å². The van der Waals surface area contributed by atoms with Gasteiger partial charge in [0.1, 0.15) is 23.6 Å². The normalized spacial score (nSPS) is 10.0. The van der Waals surface area contributed by atoms with Crippen molar-refractivity contribution in [1.82, 2.24) is 0 Å². The van der Waals surface area contributed by atoms with Crippen LogP contribution in [0.4, 0.5) is 4.39 Å². The molecule has 2 nitrogen and oxygen atoms in total. The first-order chi connectivity index (χ1) is 8.17. The number of hydrogen-bond acceptors (Lipinski definition) is 2. The molecular weight excluding hydrogens is 219 g/mol. The monoisotopic (exact) mass is 230 g/mol. The van der Waals surface area contributed by atoms with Crippen LogP contribution in [0.1, 0.15) is 15.9 Å². The molecule has 17 heavy (non-hydrogen) atoms. The van der Waals surface area contributed by atoms with Crippen LogP contribution in [0.25, 0.3) is 0 Å². The minimum absolute atomic E-state index is 0.329. The van der Waals surface area contributed by atoms with Crippen molar-refractivity contribution in [2.45, 2.75) is 6.92 Å². The zero-order chi connectivity index (χ0) is 12.3. The zero-order valence-corrected chi connectivity index (χ0v) is 9.31. The lowest BCUT2D eigenvalue weighted by Gasteiger charge is -2.06. The summed E-state index contributed by atoms with van der Waals surface area (Å²) < 4.78 is 18.6. The molecule has 86 valence electrons. The summed E-state index contributed by atoms with van der Waals surface area (Å²) in [7, 11) is 0. The molecule has 0 aromatic heterocycles. The smallest absolute Gasteiger partial charge is 0.150 e. The van der Waals surface area contributed by atoms with E-state index >= 15 is 0 Å². The summed E-state index contributed by atoms with van der Waals surface area (Å²) in [5.74, 6) is 0.687. The molecule has 2 aromatic rings. The Bertz CT molecular complexity index is 512. The highest BCUT2D eigenvalue weighted by Crippen LogP contribution is 2.23. The van der Waals surface area contributed by atoms with Crippen molar-refractivity contribution in [3.63, 3.8) is 0 Å². The summed E-state index contributed by atoms with van der Waals surface area (Å²) >= 11 is 0. The molecule has 0 fully saturated rings. The molecule has 0 aliphatic rings. The van der Waals surface area contributed by atoms with Crippen molar-refractivity contribution in [3.05, 3.63) is 59.4 Å². The van der Waals surface area contributed by atoms with E-state index in [2.05, 4.69) is 0 Å². The van der Waals surface area contributed by atoms with Crippen LogP contribution in [0.2, 0.25) is 0 Å². The number of benzene rings is 2. The van der Waals surface area contributed by atoms with Crippen LogP contribution in [0.3, 0.4) is 0 Å². The fourth-order valence-corrected chi connectivity index (χ4v) is 1.51. The van der Waals surface area contributed by atoms with Crippen LogP contribution < -0.4 is 4.74 Å². The molecule has 0 atom stereocenters. The van der Waals surface area contributed by atoms with Crippen LogP contribution in [0.15, 0.2) is 42.5 Å². The fourth-order valence-electron chi connectivity index (χ4n) is 1.51. The molecule has 0 N–H and O–H groups in total. The molecule has 0 saturated heterocycles. The number of aryl methyl sites for hydroxylation is 1. The van der Waals surface area contributed by atoms with E-state index in [0.29, 0.717) is 17.1 Å². The van der Waals surface area contributed by atoms with Crippen LogP contribution in [-0.2, 0) is 0 Å². The molecule has 0 unspecified atom stereocenters. The van der Waals surface area contributed by atoms with Crippen LogP contribution >= 0.6 is 0 Å². The number of carbonyl (C=O) groups excluding carboxylic acids is 1. The van der Waals surface area contributed by atoms with Crippen molar-refractivity contribution >= 4 is 6.29 Å². The Morgan fingerprint density at radius 2 is 1.76 bits per heavy atom. The van der Waals surface area contributed by atoms with Crippen molar-refractivity contribution < 1.29 is 13.9 Å². The molecule has 3 heteroatoms. The second-order valence-corrected chi connectivity index (χ2v) is 3.75. The topological polar surface area (TPSA) is 26.3 Å². The van der Waals surface area contributed by atoms with Gasteiger partial charge in [-0.05, 0) is 48.9 Å². The minimum Gasteiger partial charge on any atom is -0.457 e. The third-order valence-corrected chi connectivity index (χ3v) is 2.27. The van der Waals surface area contributed by atoms with Crippen molar-refractivity contribution in [3.8, 4) is 11.5 Å². The van der Waals surface area contributed by atoms with E-state index < -0.39 is 0 Å². The second kappa shape index (κ2) is 4.78. The van der Waals surface area contributed by atoms with E-state index in [9.17, 15) is 9.18 Å². The first kappa shape index (κ1) is 11.3. The van der Waals surface area contributed by atoms with Gasteiger partial charge in [-0.15, -0.1) is 0 Å². The van der Waals surface area contributed by atoms with Gasteiger partial charge in [0.2, 0.25) is 0 Å². The first-order valence-corrected chi connectivity index (χ1v) is 5.18. The molecule has 0 saturated carbocycles. The van der Waals surface area contributed by atoms with Gasteiger partial charge >= 0.3 is 0 Å². The van der Waals surface area contributed by atoms with Crippen LogP contribution in [0, 0.1) is 12.7 Å². The van der Waals surface area contributed by atoms with Gasteiger partial charge in [0, 0.05) is 11.6 Å². The Morgan fingerprint density at radius 3 is 2.35 bits per heavy atom. The average molecular weight is 230 g/mol. The lowest BCUT2D eigenvalue weighted by molar-refractivity contribution is 0.112. The maximum Gasteiger partial charge on any atom is 0.150 e. The number of carbonyl (C=O) groups is 1. The third kappa shape index (κ3) is 2.91. The van der Waals surface area contributed by atoms with Gasteiger partial charge < -0.3 is 4.74 Å². The molecule has 2 aromatic carbocycles. The molecule has 0 amide bonds. The van der Waals surface area contributed by atoms with E-state index in [1.54, 1.807) is 37.3 Å². The third-order valence-electron chi connectivity index (χ3n) is 2.27. The predicted molar refractivity (Wildman–Crippen MR) is 63.0 cm³/mol. The van der Waals surface area contributed by atoms with E-state index in [-0.39, 0.29) is 5.82 Å². The lowest BCUT2D eigenvalue weighted by Crippen LogP contribution is -1.87. The SMILES string of the molecule is Cc1cc(F)cc(Oc2ccc(C=O)cc2)c1. The average Bonchev–Trinajstić information content (AvgIpc) is 2.28. The summed E-state index contributed by atoms with van der Waals surface area (Å²) in [5, 5.41) is 0. The van der Waals surface area contributed by atoms with Gasteiger partial charge in [0.15, 0.2) is 0 Å². The predicted octanol–water partition coefficient (Wildman–Crippen LogP) is 3.74. The van der Waals surface area contributed by atoms with Crippen molar-refractivity contribution in [2.24, 2.45) is 0 Å². The van der Waals surface area contributed by atoms with Crippen molar-refractivity contribution in [1.29, 1.82) is 0 Å². The Kier molecular flexibility index (Phi) is 3.19. The molecular formula is C14H11FO2. The Morgan fingerprint density at radius 1 is 1.06 bits per heavy atom. The molecule has 0 radical (unpaired) electrons. The molecule has 0 aliphatic heterocycles. The summed E-state index contributed by atoms with van der Waals surface area (Å²) in [5.41, 5.74) is 1.37. The molecule has 0 heterocycles. The van der Waals surface area contributed by atoms with E-state index in [0.717, 1.165) is 11.8 Å². The number of ether oxygens (including phenoxy) is 1. The highest BCUT2D eigenvalue weighted by Gasteiger charge is 2.01. The summed E-state index contributed by atoms with van der Waals surface area (Å²) in [6.07, 6.45) is 0.760. The quantitative estimate of drug-likeness (QED) is 0.751. The summed E-state index contributed by atoms with van der Waals surface area (Å²) in [6.45, 7) is 1.80. The minimum atomic E-state index is -0.329. The van der Waals surface area contributed by atoms with Gasteiger partial charge in [0.05, 0.1) is 0 Å². The van der Waals surface area contributed by atoms with Crippen LogP contribution in [0.5, 0.6) is 11.5 Å². The summed E-state index contributed by atoms with van der Waals surface area (Å²) in [6, 6.07) is 11.1. The number of aldehydes is 1. The first-order valence-electron chi connectivity index (χ1n) is 5.18. The number of rotatable bonds is 3. The Balaban J connectivity index is 2.21. The summed E-state index contributed by atoms with van der Waals surface area (Å²) in [4.78, 5) is 10.5. The van der Waals surface area contributed by atoms with E-state index in [4.69, 9.17) is 4.74 Å².